The van der Waals surface area contributed by atoms with E-state index in [0.29, 0.717) is 6.42 Å². The highest BCUT2D eigenvalue weighted by Crippen LogP contribution is 2.27. The molecule has 0 aliphatic rings. The van der Waals surface area contributed by atoms with Crippen LogP contribution < -0.4 is 20.9 Å². The molecule has 10 heteroatoms. The number of unbranched alkanes of at least 4 members (excludes halogenated alkanes) is 1. The van der Waals surface area contributed by atoms with E-state index in [9.17, 15) is 13.2 Å². The van der Waals surface area contributed by atoms with E-state index in [1.807, 2.05) is 6.92 Å². The lowest BCUT2D eigenvalue weighted by Crippen LogP contribution is -2.40. The van der Waals surface area contributed by atoms with Crippen molar-refractivity contribution in [3.05, 3.63) is 23.2 Å². The molecule has 0 radical (unpaired) electrons. The molecule has 0 aliphatic carbocycles. The molecule has 24 heavy (non-hydrogen) atoms. The van der Waals surface area contributed by atoms with Gasteiger partial charge in [-0.2, -0.15) is 0 Å². The average Bonchev–Trinajstić information content (AvgIpc) is 2.49. The lowest BCUT2D eigenvalue weighted by atomic mass is 10.1. The van der Waals surface area contributed by atoms with Crippen LogP contribution in [0.25, 0.3) is 0 Å². The third-order valence-electron chi connectivity index (χ3n) is 3.08. The van der Waals surface area contributed by atoms with Gasteiger partial charge in [-0.25, -0.2) is 13.1 Å². The van der Waals surface area contributed by atoms with Crippen LogP contribution in [0.4, 0.5) is 0 Å². The number of benzene rings is 1. The first kappa shape index (κ1) is 22.9. The van der Waals surface area contributed by atoms with Gasteiger partial charge in [0.2, 0.25) is 10.0 Å². The molecule has 1 atom stereocenters. The van der Waals surface area contributed by atoms with Crippen LogP contribution in [-0.2, 0) is 14.8 Å². The summed E-state index contributed by atoms with van der Waals surface area (Å²) in [6.45, 7) is 1.76. The molecule has 0 heterocycles. The molecule has 1 rings (SSSR count). The Labute approximate surface area is 153 Å². The number of nitrogens with one attached hydrogen (secondary N) is 1. The first-order valence-corrected chi connectivity index (χ1v) is 9.09. The Balaban J connectivity index is 0.00000529. The average molecular weight is 400 g/mol. The quantitative estimate of drug-likeness (QED) is 0.548. The molecule has 0 aromatic heterocycles. The summed E-state index contributed by atoms with van der Waals surface area (Å²) in [6.07, 6.45) is 2.41. The molecule has 1 amide bonds. The predicted octanol–water partition coefficient (Wildman–Crippen LogP) is 1.42. The number of hydrogen-bond donors (Lipinski definition) is 3. The van der Waals surface area contributed by atoms with Crippen molar-refractivity contribution in [1.29, 1.82) is 0 Å². The van der Waals surface area contributed by atoms with Crippen LogP contribution in [0.1, 0.15) is 26.2 Å². The highest BCUT2D eigenvalue weighted by atomic mass is 35.5. The van der Waals surface area contributed by atoms with Crippen LogP contribution in [0.2, 0.25) is 5.02 Å². The van der Waals surface area contributed by atoms with Crippen molar-refractivity contribution in [2.75, 3.05) is 13.2 Å². The summed E-state index contributed by atoms with van der Waals surface area (Å²) >= 11 is 5.88. The van der Waals surface area contributed by atoms with Crippen molar-refractivity contribution in [3.8, 4) is 5.75 Å². The minimum absolute atomic E-state index is 0. The molecule has 0 saturated heterocycles. The number of amides is 1. The lowest BCUT2D eigenvalue weighted by molar-refractivity contribution is -0.120. The molecule has 0 aliphatic heterocycles. The highest BCUT2D eigenvalue weighted by molar-refractivity contribution is 7.89. The normalized spacial score (nSPS) is 12.3. The molecule has 1 unspecified atom stereocenters. The number of rotatable bonds is 10. The molecule has 0 fully saturated rings. The van der Waals surface area contributed by atoms with E-state index in [2.05, 4.69) is 4.72 Å². The molecule has 0 saturated carbocycles. The monoisotopic (exact) mass is 399 g/mol. The number of halogens is 2. The van der Waals surface area contributed by atoms with Crippen LogP contribution in [0, 0.1) is 0 Å². The van der Waals surface area contributed by atoms with Crippen molar-refractivity contribution in [1.82, 2.24) is 4.72 Å². The molecular weight excluding hydrogens is 377 g/mol. The largest absolute Gasteiger partial charge is 0.482 e. The SMILES string of the molecule is CCCCC(CN)NS(=O)(=O)c1cc(Cl)ccc1OCC(N)=O.Cl. The summed E-state index contributed by atoms with van der Waals surface area (Å²) in [4.78, 5) is 10.7. The smallest absolute Gasteiger partial charge is 0.255 e. The first-order chi connectivity index (χ1) is 10.8. The Bertz CT molecular complexity index is 641. The zero-order valence-corrected chi connectivity index (χ0v) is 15.7. The Morgan fingerprint density at radius 3 is 2.62 bits per heavy atom. The molecule has 5 N–H and O–H groups in total. The second-order valence-corrected chi connectivity index (χ2v) is 7.16. The molecule has 7 nitrogen and oxygen atoms in total. The van der Waals surface area contributed by atoms with Crippen molar-refractivity contribution in [2.24, 2.45) is 11.5 Å². The van der Waals surface area contributed by atoms with E-state index < -0.39 is 22.5 Å². The summed E-state index contributed by atoms with van der Waals surface area (Å²) in [5.74, 6) is -0.703. The lowest BCUT2D eigenvalue weighted by Gasteiger charge is -2.18. The van der Waals surface area contributed by atoms with Gasteiger partial charge in [0, 0.05) is 17.6 Å². The zero-order chi connectivity index (χ0) is 17.5. The maximum atomic E-state index is 12.6. The number of nitrogens with two attached hydrogens (primary N) is 2. The van der Waals surface area contributed by atoms with Crippen LogP contribution in [0.5, 0.6) is 5.75 Å². The highest BCUT2D eigenvalue weighted by Gasteiger charge is 2.23. The van der Waals surface area contributed by atoms with Crippen molar-refractivity contribution in [3.63, 3.8) is 0 Å². The number of ether oxygens (including phenoxy) is 1. The zero-order valence-electron chi connectivity index (χ0n) is 13.3. The molecule has 1 aromatic rings. The van der Waals surface area contributed by atoms with Gasteiger partial charge in [-0.1, -0.05) is 31.4 Å². The van der Waals surface area contributed by atoms with E-state index in [0.717, 1.165) is 12.8 Å². The second kappa shape index (κ2) is 10.7. The Morgan fingerprint density at radius 1 is 1.42 bits per heavy atom. The van der Waals surface area contributed by atoms with Crippen molar-refractivity contribution < 1.29 is 17.9 Å². The van der Waals surface area contributed by atoms with Crippen molar-refractivity contribution >= 4 is 39.9 Å². The number of sulfonamides is 1. The van der Waals surface area contributed by atoms with Gasteiger partial charge in [0.1, 0.15) is 10.6 Å². The fourth-order valence-electron chi connectivity index (χ4n) is 1.92. The Kier molecular flexibility index (Phi) is 10.3. The number of primary amides is 1. The van der Waals surface area contributed by atoms with E-state index in [-0.39, 0.29) is 40.7 Å². The fraction of sp³-hybridized carbons (Fsp3) is 0.500. The number of carbonyl (C=O) groups excluding carboxylic acids is 1. The van der Waals surface area contributed by atoms with Gasteiger partial charge in [-0.15, -0.1) is 12.4 Å². The van der Waals surface area contributed by atoms with Gasteiger partial charge >= 0.3 is 0 Å². The Hall–Kier alpha value is -1.06. The molecule has 1 aromatic carbocycles. The summed E-state index contributed by atoms with van der Waals surface area (Å²) in [5.41, 5.74) is 10.6. The minimum atomic E-state index is -3.89. The van der Waals surface area contributed by atoms with E-state index in [1.165, 1.54) is 18.2 Å². The van der Waals surface area contributed by atoms with Gasteiger partial charge in [-0.05, 0) is 24.6 Å². The van der Waals surface area contributed by atoms with Crippen LogP contribution in [0.15, 0.2) is 23.1 Å². The van der Waals surface area contributed by atoms with Crippen LogP contribution in [0.3, 0.4) is 0 Å². The van der Waals surface area contributed by atoms with Crippen LogP contribution >= 0.6 is 24.0 Å². The van der Waals surface area contributed by atoms with Crippen molar-refractivity contribution in [2.45, 2.75) is 37.1 Å². The minimum Gasteiger partial charge on any atom is -0.482 e. The second-order valence-electron chi connectivity index (χ2n) is 5.04. The topological polar surface area (TPSA) is 125 Å². The van der Waals surface area contributed by atoms with Gasteiger partial charge in [0.15, 0.2) is 6.61 Å². The maximum Gasteiger partial charge on any atom is 0.255 e. The predicted molar refractivity (Wildman–Crippen MR) is 96.1 cm³/mol. The Morgan fingerprint density at radius 2 is 2.08 bits per heavy atom. The van der Waals surface area contributed by atoms with Gasteiger partial charge in [0.05, 0.1) is 0 Å². The van der Waals surface area contributed by atoms with Gasteiger partial charge in [-0.3, -0.25) is 4.79 Å². The molecule has 0 bridgehead atoms. The molecule has 138 valence electrons. The standard InChI is InChI=1S/C14H22ClN3O4S.ClH/c1-2-3-4-11(8-16)18-23(20,21)13-7-10(15)5-6-12(13)22-9-14(17)19;/h5-7,11,18H,2-4,8-9,16H2,1H3,(H2,17,19);1H. The molecular formula is C14H23Cl2N3O4S. The van der Waals surface area contributed by atoms with E-state index in [4.69, 9.17) is 27.8 Å². The van der Waals surface area contributed by atoms with Crippen LogP contribution in [-0.4, -0.2) is 33.5 Å². The summed E-state index contributed by atoms with van der Waals surface area (Å²) in [5, 5.41) is 0.231. The fourth-order valence-corrected chi connectivity index (χ4v) is 3.61. The first-order valence-electron chi connectivity index (χ1n) is 7.23. The molecule has 0 spiro atoms. The van der Waals surface area contributed by atoms with Gasteiger partial charge < -0.3 is 16.2 Å². The number of carbonyl (C=O) groups is 1. The summed E-state index contributed by atoms with van der Waals surface area (Å²) < 4.78 is 32.8. The maximum absolute atomic E-state index is 12.6. The number of hydrogen-bond acceptors (Lipinski definition) is 5. The van der Waals surface area contributed by atoms with E-state index in [1.54, 1.807) is 0 Å². The third kappa shape index (κ3) is 7.23. The summed E-state index contributed by atoms with van der Waals surface area (Å²) in [7, 11) is -3.89. The third-order valence-corrected chi connectivity index (χ3v) is 4.85. The van der Waals surface area contributed by atoms with Gasteiger partial charge in [0.25, 0.3) is 5.91 Å². The summed E-state index contributed by atoms with van der Waals surface area (Å²) in [6, 6.07) is 3.72. The van der Waals surface area contributed by atoms with E-state index >= 15 is 0 Å².